The molecule has 0 radical (unpaired) electrons. The summed E-state index contributed by atoms with van der Waals surface area (Å²) in [7, 11) is 1.60. The first-order valence-electron chi connectivity index (χ1n) is 9.93. The van der Waals surface area contributed by atoms with Crippen molar-refractivity contribution in [2.75, 3.05) is 19.5 Å². The van der Waals surface area contributed by atoms with Crippen LogP contribution in [0, 0.1) is 5.41 Å². The van der Waals surface area contributed by atoms with Crippen LogP contribution in [0.2, 0.25) is 0 Å². The van der Waals surface area contributed by atoms with Crippen LogP contribution in [0.1, 0.15) is 26.3 Å². The van der Waals surface area contributed by atoms with Crippen molar-refractivity contribution in [3.63, 3.8) is 0 Å². The number of aromatic nitrogens is 2. The molecule has 0 unspecified atom stereocenters. The van der Waals surface area contributed by atoms with Gasteiger partial charge in [-0.25, -0.2) is 4.98 Å². The molecule has 0 bridgehead atoms. The molecule has 1 heterocycles. The van der Waals surface area contributed by atoms with Crippen molar-refractivity contribution in [2.24, 2.45) is 5.41 Å². The van der Waals surface area contributed by atoms with Crippen molar-refractivity contribution in [2.45, 2.75) is 32.2 Å². The van der Waals surface area contributed by atoms with Gasteiger partial charge in [-0.05, 0) is 29.5 Å². The summed E-state index contributed by atoms with van der Waals surface area (Å²) in [5.41, 5.74) is 1.86. The van der Waals surface area contributed by atoms with Crippen LogP contribution in [0.15, 0.2) is 70.7 Å². The van der Waals surface area contributed by atoms with Crippen molar-refractivity contribution >= 4 is 11.8 Å². The second-order valence-electron chi connectivity index (χ2n) is 8.18. The molecule has 0 aliphatic carbocycles. The zero-order valence-electron chi connectivity index (χ0n) is 17.9. The van der Waals surface area contributed by atoms with Crippen molar-refractivity contribution in [3.8, 4) is 17.2 Å². The maximum atomic E-state index is 13.0. The lowest BCUT2D eigenvalue weighted by atomic mass is 9.99. The first-order valence-corrected chi connectivity index (χ1v) is 10.9. The number of methoxy groups -OCH3 is 1. The summed E-state index contributed by atoms with van der Waals surface area (Å²) >= 11 is 1.47. The van der Waals surface area contributed by atoms with Crippen molar-refractivity contribution in [1.29, 1.82) is 0 Å². The molecule has 30 heavy (non-hydrogen) atoms. The summed E-state index contributed by atoms with van der Waals surface area (Å²) in [6.45, 7) is 6.91. The van der Waals surface area contributed by atoms with Gasteiger partial charge in [0.1, 0.15) is 0 Å². The van der Waals surface area contributed by atoms with E-state index in [1.54, 1.807) is 24.1 Å². The summed E-state index contributed by atoms with van der Waals surface area (Å²) in [4.78, 5) is 17.2. The van der Waals surface area contributed by atoms with Crippen LogP contribution in [0.5, 0.6) is 11.5 Å². The molecular formula is C24H28N2O3S. The van der Waals surface area contributed by atoms with E-state index in [4.69, 9.17) is 9.47 Å². The zero-order chi connectivity index (χ0) is 21.6. The number of benzene rings is 2. The highest BCUT2D eigenvalue weighted by Crippen LogP contribution is 2.30. The molecule has 0 fully saturated rings. The largest absolute Gasteiger partial charge is 0.493 e. The van der Waals surface area contributed by atoms with Crippen LogP contribution in [-0.4, -0.2) is 29.0 Å². The van der Waals surface area contributed by atoms with Crippen LogP contribution in [-0.2, 0) is 6.42 Å². The minimum atomic E-state index is -0.138. The molecule has 0 saturated carbocycles. The highest BCUT2D eigenvalue weighted by atomic mass is 32.2. The fraction of sp³-hybridized carbons (Fsp3) is 0.333. The lowest BCUT2D eigenvalue weighted by molar-refractivity contribution is 0.191. The Balaban J connectivity index is 1.77. The molecule has 0 N–H and O–H groups in total. The average molecular weight is 425 g/mol. The molecule has 0 spiro atoms. The molecule has 5 nitrogen and oxygen atoms in total. The number of hydrogen-bond donors (Lipinski definition) is 0. The minimum Gasteiger partial charge on any atom is -0.493 e. The van der Waals surface area contributed by atoms with Gasteiger partial charge < -0.3 is 9.47 Å². The number of thioether (sulfide) groups is 1. The highest BCUT2D eigenvalue weighted by Gasteiger charge is 2.15. The van der Waals surface area contributed by atoms with Crippen LogP contribution < -0.4 is 15.0 Å². The van der Waals surface area contributed by atoms with Gasteiger partial charge in [0, 0.05) is 24.2 Å². The Morgan fingerprint density at radius 1 is 1.07 bits per heavy atom. The standard InChI is InChI=1S/C24H28N2O3S/c1-24(2,3)17-29-20-11-10-19(16-21(20)28-4)26-14-13-25-22(23(26)27)30-15-12-18-8-6-5-7-9-18/h5-11,13-14,16H,12,15,17H2,1-4H3. The van der Waals surface area contributed by atoms with Gasteiger partial charge in [-0.1, -0.05) is 51.1 Å². The van der Waals surface area contributed by atoms with E-state index in [1.165, 1.54) is 17.3 Å². The Morgan fingerprint density at radius 2 is 1.83 bits per heavy atom. The molecular weight excluding hydrogens is 396 g/mol. The predicted octanol–water partition coefficient (Wildman–Crippen LogP) is 5.00. The van der Waals surface area contributed by atoms with Gasteiger partial charge >= 0.3 is 0 Å². The maximum Gasteiger partial charge on any atom is 0.287 e. The fourth-order valence-corrected chi connectivity index (χ4v) is 3.71. The quantitative estimate of drug-likeness (QED) is 0.476. The minimum absolute atomic E-state index is 0.0393. The molecule has 3 aromatic rings. The van der Waals surface area contributed by atoms with Crippen molar-refractivity contribution < 1.29 is 9.47 Å². The van der Waals surface area contributed by atoms with Crippen LogP contribution in [0.3, 0.4) is 0 Å². The summed E-state index contributed by atoms with van der Waals surface area (Å²) in [6.07, 6.45) is 4.21. The van der Waals surface area contributed by atoms with Crippen LogP contribution in [0.25, 0.3) is 5.69 Å². The molecule has 6 heteroatoms. The van der Waals surface area contributed by atoms with E-state index in [0.717, 1.165) is 12.2 Å². The first-order chi connectivity index (χ1) is 14.4. The topological polar surface area (TPSA) is 53.4 Å². The zero-order valence-corrected chi connectivity index (χ0v) is 18.7. The van der Waals surface area contributed by atoms with Crippen molar-refractivity contribution in [3.05, 3.63) is 76.8 Å². The summed E-state index contributed by atoms with van der Waals surface area (Å²) in [5.74, 6) is 2.05. The fourth-order valence-electron chi connectivity index (χ4n) is 2.83. The molecule has 3 rings (SSSR count). The van der Waals surface area contributed by atoms with Gasteiger partial charge in [-0.15, -0.1) is 11.8 Å². The van der Waals surface area contributed by atoms with Gasteiger partial charge in [-0.2, -0.15) is 0 Å². The summed E-state index contributed by atoms with van der Waals surface area (Å²) < 4.78 is 13.0. The normalized spacial score (nSPS) is 11.3. The number of hydrogen-bond acceptors (Lipinski definition) is 5. The predicted molar refractivity (Wildman–Crippen MR) is 122 cm³/mol. The van der Waals surface area contributed by atoms with Gasteiger partial charge in [0.2, 0.25) is 0 Å². The molecule has 0 atom stereocenters. The Labute approximate surface area is 182 Å². The second kappa shape index (κ2) is 9.85. The van der Waals surface area contributed by atoms with Crippen molar-refractivity contribution in [1.82, 2.24) is 9.55 Å². The monoisotopic (exact) mass is 424 g/mol. The third-order valence-corrected chi connectivity index (χ3v) is 5.33. The number of rotatable bonds is 8. The van der Waals surface area contributed by atoms with E-state index >= 15 is 0 Å². The Morgan fingerprint density at radius 3 is 2.53 bits per heavy atom. The molecule has 0 aliphatic heterocycles. The van der Waals surface area contributed by atoms with Crippen LogP contribution in [0.4, 0.5) is 0 Å². The van der Waals surface area contributed by atoms with E-state index < -0.39 is 0 Å². The molecule has 0 saturated heterocycles. The molecule has 0 aliphatic rings. The SMILES string of the molecule is COc1cc(-n2ccnc(SCCc3ccccc3)c2=O)ccc1OCC(C)(C)C. The molecule has 2 aromatic carbocycles. The average Bonchev–Trinajstić information content (AvgIpc) is 2.73. The Kier molecular flexibility index (Phi) is 7.21. The van der Waals surface area contributed by atoms with Gasteiger partial charge in [-0.3, -0.25) is 9.36 Å². The third kappa shape index (κ3) is 5.89. The van der Waals surface area contributed by atoms with Gasteiger partial charge in [0.15, 0.2) is 16.5 Å². The smallest absolute Gasteiger partial charge is 0.287 e. The van der Waals surface area contributed by atoms with E-state index in [0.29, 0.717) is 28.8 Å². The third-order valence-electron chi connectivity index (χ3n) is 4.37. The van der Waals surface area contributed by atoms with E-state index in [2.05, 4.69) is 37.9 Å². The Bertz CT molecular complexity index is 1030. The second-order valence-corrected chi connectivity index (χ2v) is 9.26. The van der Waals surface area contributed by atoms with Crippen LogP contribution >= 0.6 is 11.8 Å². The first kappa shape index (κ1) is 22.0. The van der Waals surface area contributed by atoms with Gasteiger partial charge in [0.25, 0.3) is 5.56 Å². The number of nitrogens with zero attached hydrogens (tertiary/aromatic N) is 2. The lowest BCUT2D eigenvalue weighted by Gasteiger charge is -2.20. The highest BCUT2D eigenvalue weighted by molar-refractivity contribution is 7.99. The molecule has 1 aromatic heterocycles. The lowest BCUT2D eigenvalue weighted by Crippen LogP contribution is -2.21. The van der Waals surface area contributed by atoms with E-state index in [1.807, 2.05) is 36.4 Å². The summed E-state index contributed by atoms with van der Waals surface area (Å²) in [6, 6.07) is 15.8. The maximum absolute atomic E-state index is 13.0. The molecule has 158 valence electrons. The Hall–Kier alpha value is -2.73. The van der Waals surface area contributed by atoms with E-state index in [-0.39, 0.29) is 11.0 Å². The molecule has 0 amide bonds. The van der Waals surface area contributed by atoms with E-state index in [9.17, 15) is 4.79 Å². The summed E-state index contributed by atoms with van der Waals surface area (Å²) in [5, 5.41) is 0.487. The number of aryl methyl sites for hydroxylation is 1. The number of ether oxygens (including phenoxy) is 2. The van der Waals surface area contributed by atoms with Gasteiger partial charge in [0.05, 0.1) is 19.4 Å².